The first-order valence-corrected chi connectivity index (χ1v) is 9.59. The molecule has 0 aliphatic carbocycles. The molecule has 5 nitrogen and oxygen atoms in total. The van der Waals surface area contributed by atoms with E-state index < -0.39 is 10.0 Å². The van der Waals surface area contributed by atoms with Crippen molar-refractivity contribution in [2.24, 2.45) is 0 Å². The monoisotopic (exact) mass is 338 g/mol. The fourth-order valence-electron chi connectivity index (χ4n) is 2.43. The van der Waals surface area contributed by atoms with E-state index in [-0.39, 0.29) is 10.9 Å². The van der Waals surface area contributed by atoms with Gasteiger partial charge in [-0.15, -0.1) is 11.3 Å². The standard InChI is InChI=1S/C15H18N2O3S2/c1-3-12-9-21-15(16-12)10(2)17-22(18,19)13-6-4-5-11-7-8-20-14(11)13/h4-6,9-10,17H,3,7-8H2,1-2H3/t10-/m1/s1. The average molecular weight is 338 g/mol. The van der Waals surface area contributed by atoms with E-state index in [9.17, 15) is 8.42 Å². The van der Waals surface area contributed by atoms with E-state index in [1.54, 1.807) is 19.1 Å². The van der Waals surface area contributed by atoms with Crippen LogP contribution in [0.25, 0.3) is 0 Å². The van der Waals surface area contributed by atoms with Gasteiger partial charge in [0.2, 0.25) is 10.0 Å². The number of aromatic nitrogens is 1. The number of aryl methyl sites for hydroxylation is 1. The molecule has 1 aliphatic heterocycles. The van der Waals surface area contributed by atoms with Crippen molar-refractivity contribution in [3.05, 3.63) is 39.8 Å². The Labute approximate surface area is 134 Å². The molecule has 2 heterocycles. The van der Waals surface area contributed by atoms with Crippen LogP contribution >= 0.6 is 11.3 Å². The van der Waals surface area contributed by atoms with E-state index in [0.29, 0.717) is 12.4 Å². The van der Waals surface area contributed by atoms with Crippen molar-refractivity contribution in [1.29, 1.82) is 0 Å². The third kappa shape index (κ3) is 2.88. The molecule has 0 fully saturated rings. The van der Waals surface area contributed by atoms with E-state index in [2.05, 4.69) is 9.71 Å². The van der Waals surface area contributed by atoms with E-state index in [1.165, 1.54) is 11.3 Å². The summed E-state index contributed by atoms with van der Waals surface area (Å²) in [6.45, 7) is 4.36. The van der Waals surface area contributed by atoms with Crippen molar-refractivity contribution < 1.29 is 13.2 Å². The number of benzene rings is 1. The Morgan fingerprint density at radius 3 is 3.00 bits per heavy atom. The molecule has 0 amide bonds. The number of ether oxygens (including phenoxy) is 1. The molecule has 1 aliphatic rings. The largest absolute Gasteiger partial charge is 0.492 e. The maximum Gasteiger partial charge on any atom is 0.244 e. The number of sulfonamides is 1. The van der Waals surface area contributed by atoms with Crippen molar-refractivity contribution >= 4 is 21.4 Å². The second-order valence-electron chi connectivity index (χ2n) is 5.22. The smallest absolute Gasteiger partial charge is 0.244 e. The molecule has 0 bridgehead atoms. The SMILES string of the molecule is CCc1csc([C@@H](C)NS(=O)(=O)c2cccc3c2OCC3)n1. The van der Waals surface area contributed by atoms with Crippen LogP contribution in [-0.2, 0) is 22.9 Å². The Kier molecular flexibility index (Phi) is 4.20. The highest BCUT2D eigenvalue weighted by atomic mass is 32.2. The highest BCUT2D eigenvalue weighted by Crippen LogP contribution is 2.33. The van der Waals surface area contributed by atoms with Crippen molar-refractivity contribution in [3.63, 3.8) is 0 Å². The molecule has 1 aromatic heterocycles. The predicted octanol–water partition coefficient (Wildman–Crippen LogP) is 2.68. The van der Waals surface area contributed by atoms with Gasteiger partial charge in [0.05, 0.1) is 18.3 Å². The van der Waals surface area contributed by atoms with Gasteiger partial charge in [-0.25, -0.2) is 18.1 Å². The number of para-hydroxylation sites is 1. The van der Waals surface area contributed by atoms with Gasteiger partial charge in [-0.1, -0.05) is 19.1 Å². The van der Waals surface area contributed by atoms with Gasteiger partial charge in [0.15, 0.2) is 0 Å². The van der Waals surface area contributed by atoms with Crippen LogP contribution in [0.1, 0.15) is 36.2 Å². The number of hydrogen-bond acceptors (Lipinski definition) is 5. The molecular formula is C15H18N2O3S2. The number of hydrogen-bond donors (Lipinski definition) is 1. The highest BCUT2D eigenvalue weighted by Gasteiger charge is 2.27. The maximum absolute atomic E-state index is 12.6. The van der Waals surface area contributed by atoms with Gasteiger partial charge in [-0.2, -0.15) is 0 Å². The Morgan fingerprint density at radius 1 is 1.45 bits per heavy atom. The van der Waals surface area contributed by atoms with Gasteiger partial charge in [0.25, 0.3) is 0 Å². The first-order valence-electron chi connectivity index (χ1n) is 7.22. The lowest BCUT2D eigenvalue weighted by Crippen LogP contribution is -2.27. The van der Waals surface area contributed by atoms with Crippen LogP contribution < -0.4 is 9.46 Å². The van der Waals surface area contributed by atoms with Crippen LogP contribution in [0.3, 0.4) is 0 Å². The molecule has 0 saturated heterocycles. The van der Waals surface area contributed by atoms with E-state index in [0.717, 1.165) is 29.1 Å². The molecule has 118 valence electrons. The molecule has 1 atom stereocenters. The molecule has 3 rings (SSSR count). The third-order valence-electron chi connectivity index (χ3n) is 3.60. The highest BCUT2D eigenvalue weighted by molar-refractivity contribution is 7.89. The Hall–Kier alpha value is -1.44. The summed E-state index contributed by atoms with van der Waals surface area (Å²) in [5.41, 5.74) is 1.92. The molecule has 1 N–H and O–H groups in total. The zero-order valence-electron chi connectivity index (χ0n) is 12.5. The van der Waals surface area contributed by atoms with E-state index >= 15 is 0 Å². The maximum atomic E-state index is 12.6. The van der Waals surface area contributed by atoms with Crippen molar-refractivity contribution in [1.82, 2.24) is 9.71 Å². The van der Waals surface area contributed by atoms with E-state index in [1.807, 2.05) is 18.4 Å². The zero-order valence-corrected chi connectivity index (χ0v) is 14.1. The Bertz CT molecular complexity index is 784. The quantitative estimate of drug-likeness (QED) is 0.910. The molecule has 22 heavy (non-hydrogen) atoms. The molecule has 7 heteroatoms. The Morgan fingerprint density at radius 2 is 2.27 bits per heavy atom. The van der Waals surface area contributed by atoms with Gasteiger partial charge in [0, 0.05) is 11.8 Å². The molecule has 0 spiro atoms. The summed E-state index contributed by atoms with van der Waals surface area (Å²) in [4.78, 5) is 4.65. The minimum atomic E-state index is -3.64. The summed E-state index contributed by atoms with van der Waals surface area (Å²) in [6.07, 6.45) is 1.59. The minimum Gasteiger partial charge on any atom is -0.492 e. The van der Waals surface area contributed by atoms with Crippen LogP contribution in [0.2, 0.25) is 0 Å². The third-order valence-corrected chi connectivity index (χ3v) is 6.24. The lowest BCUT2D eigenvalue weighted by atomic mass is 10.2. The molecule has 2 aromatic rings. The number of fused-ring (bicyclic) bond motifs is 1. The second kappa shape index (κ2) is 5.98. The van der Waals surface area contributed by atoms with Gasteiger partial charge >= 0.3 is 0 Å². The van der Waals surface area contributed by atoms with Crippen molar-refractivity contribution in [2.75, 3.05) is 6.61 Å². The summed E-state index contributed by atoms with van der Waals surface area (Å²) < 4.78 is 33.5. The van der Waals surface area contributed by atoms with Crippen LogP contribution in [0.15, 0.2) is 28.5 Å². The normalized spacial score (nSPS) is 15.4. The van der Waals surface area contributed by atoms with Gasteiger partial charge in [-0.3, -0.25) is 0 Å². The zero-order chi connectivity index (χ0) is 15.7. The predicted molar refractivity (Wildman–Crippen MR) is 85.9 cm³/mol. The van der Waals surface area contributed by atoms with Crippen LogP contribution in [0.4, 0.5) is 0 Å². The number of nitrogens with zero attached hydrogens (tertiary/aromatic N) is 1. The first kappa shape index (κ1) is 15.5. The lowest BCUT2D eigenvalue weighted by molar-refractivity contribution is 0.348. The fourth-order valence-corrected chi connectivity index (χ4v) is 4.81. The van der Waals surface area contributed by atoms with Crippen molar-refractivity contribution in [2.45, 2.75) is 37.6 Å². The Balaban J connectivity index is 1.86. The summed E-state index contributed by atoms with van der Waals surface area (Å²) in [6, 6.07) is 4.87. The lowest BCUT2D eigenvalue weighted by Gasteiger charge is -2.14. The molecule has 0 unspecified atom stereocenters. The van der Waals surface area contributed by atoms with Crippen LogP contribution in [0.5, 0.6) is 5.75 Å². The molecule has 0 saturated carbocycles. The topological polar surface area (TPSA) is 68.3 Å². The van der Waals surface area contributed by atoms with Gasteiger partial charge < -0.3 is 4.74 Å². The van der Waals surface area contributed by atoms with Crippen LogP contribution in [0, 0.1) is 0 Å². The summed E-state index contributed by atoms with van der Waals surface area (Å²) in [7, 11) is -3.64. The summed E-state index contributed by atoms with van der Waals surface area (Å²) >= 11 is 1.47. The number of thiazole rings is 1. The van der Waals surface area contributed by atoms with Gasteiger partial charge in [-0.05, 0) is 25.0 Å². The summed E-state index contributed by atoms with van der Waals surface area (Å²) in [5.74, 6) is 0.482. The molecular weight excluding hydrogens is 320 g/mol. The van der Waals surface area contributed by atoms with Crippen LogP contribution in [-0.4, -0.2) is 20.0 Å². The fraction of sp³-hybridized carbons (Fsp3) is 0.400. The molecule has 1 aromatic carbocycles. The summed E-state index contributed by atoms with van der Waals surface area (Å²) in [5, 5.41) is 2.73. The first-order chi connectivity index (χ1) is 10.5. The average Bonchev–Trinajstić information content (AvgIpc) is 3.15. The van der Waals surface area contributed by atoms with Crippen molar-refractivity contribution in [3.8, 4) is 5.75 Å². The van der Waals surface area contributed by atoms with Gasteiger partial charge in [0.1, 0.15) is 15.7 Å². The minimum absolute atomic E-state index is 0.210. The number of nitrogens with one attached hydrogen (secondary N) is 1. The number of rotatable bonds is 5. The second-order valence-corrected chi connectivity index (χ2v) is 7.79. The molecule has 0 radical (unpaired) electrons. The van der Waals surface area contributed by atoms with E-state index in [4.69, 9.17) is 4.74 Å².